The molecule has 110 valence electrons. The van der Waals surface area contributed by atoms with Crippen molar-refractivity contribution in [3.8, 4) is 5.88 Å². The first-order chi connectivity index (χ1) is 9.60. The lowest BCUT2D eigenvalue weighted by atomic mass is 10.0. The molecule has 0 spiro atoms. The van der Waals surface area contributed by atoms with Crippen LogP contribution < -0.4 is 10.5 Å². The molecular formula is C14H22N4O2. The second kappa shape index (κ2) is 6.56. The van der Waals surface area contributed by atoms with Gasteiger partial charge in [-0.3, -0.25) is 0 Å². The molecule has 1 aliphatic heterocycles. The molecule has 0 saturated carbocycles. The summed E-state index contributed by atoms with van der Waals surface area (Å²) < 4.78 is 5.79. The molecular weight excluding hydrogens is 256 g/mol. The molecule has 0 aromatic carbocycles. The Balaban J connectivity index is 2.03. The van der Waals surface area contributed by atoms with E-state index in [1.165, 1.54) is 12.8 Å². The van der Waals surface area contributed by atoms with Crippen LogP contribution in [0.3, 0.4) is 0 Å². The summed E-state index contributed by atoms with van der Waals surface area (Å²) in [6, 6.07) is 3.89. The van der Waals surface area contributed by atoms with Crippen LogP contribution in [-0.4, -0.2) is 47.2 Å². The van der Waals surface area contributed by atoms with E-state index in [1.54, 1.807) is 12.1 Å². The number of nitrogens with two attached hydrogens (primary N) is 1. The highest BCUT2D eigenvalue weighted by Crippen LogP contribution is 2.17. The minimum atomic E-state index is 0.0649. The molecule has 0 radical (unpaired) electrons. The number of amidine groups is 1. The smallest absolute Gasteiger partial charge is 0.214 e. The highest BCUT2D eigenvalue weighted by Gasteiger charge is 2.19. The normalized spacial score (nSPS) is 20.9. The highest BCUT2D eigenvalue weighted by atomic mass is 16.5. The number of piperidine rings is 1. The molecule has 1 atom stereocenters. The van der Waals surface area contributed by atoms with Gasteiger partial charge < -0.3 is 20.6 Å². The maximum atomic E-state index is 8.73. The van der Waals surface area contributed by atoms with E-state index in [0.29, 0.717) is 24.1 Å². The van der Waals surface area contributed by atoms with Gasteiger partial charge in [-0.05, 0) is 39.4 Å². The lowest BCUT2D eigenvalue weighted by Crippen LogP contribution is -2.40. The van der Waals surface area contributed by atoms with Crippen LogP contribution in [0.5, 0.6) is 5.88 Å². The Kier molecular flexibility index (Phi) is 4.79. The summed E-state index contributed by atoms with van der Waals surface area (Å²) in [6.07, 6.45) is 3.65. The van der Waals surface area contributed by atoms with Crippen LogP contribution in [0.25, 0.3) is 0 Å². The van der Waals surface area contributed by atoms with Crippen molar-refractivity contribution in [1.29, 1.82) is 0 Å². The van der Waals surface area contributed by atoms with Gasteiger partial charge in [-0.2, -0.15) is 0 Å². The Morgan fingerprint density at radius 2 is 2.35 bits per heavy atom. The zero-order valence-corrected chi connectivity index (χ0v) is 12.0. The van der Waals surface area contributed by atoms with Gasteiger partial charge in [-0.25, -0.2) is 4.98 Å². The summed E-state index contributed by atoms with van der Waals surface area (Å²) in [6.45, 7) is 3.58. The first-order valence-electron chi connectivity index (χ1n) is 6.90. The Bertz CT molecular complexity index is 490. The number of aromatic nitrogens is 1. The van der Waals surface area contributed by atoms with E-state index < -0.39 is 0 Å². The van der Waals surface area contributed by atoms with Crippen LogP contribution in [0.15, 0.2) is 17.3 Å². The van der Waals surface area contributed by atoms with Gasteiger partial charge in [0.2, 0.25) is 5.88 Å². The van der Waals surface area contributed by atoms with Gasteiger partial charge in [0.05, 0.1) is 0 Å². The Morgan fingerprint density at radius 1 is 1.55 bits per heavy atom. The van der Waals surface area contributed by atoms with Crippen LogP contribution in [0.4, 0.5) is 0 Å². The molecule has 0 amide bonds. The minimum Gasteiger partial charge on any atom is -0.476 e. The summed E-state index contributed by atoms with van der Waals surface area (Å²) in [5.41, 5.74) is 7.00. The van der Waals surface area contributed by atoms with Gasteiger partial charge in [-0.15, -0.1) is 0 Å². The van der Waals surface area contributed by atoms with Crippen molar-refractivity contribution in [3.63, 3.8) is 0 Å². The van der Waals surface area contributed by atoms with Crippen molar-refractivity contribution in [2.24, 2.45) is 10.9 Å². The average molecular weight is 278 g/mol. The Labute approximate surface area is 119 Å². The SMILES string of the molecule is Cc1cc(/C(N)=N/O)cc(OCC2CCCCN2C)n1. The standard InChI is InChI=1S/C14H22N4O2/c1-10-7-11(14(15)17-19)8-13(16-10)20-9-12-5-3-4-6-18(12)2/h7-8,12,19H,3-6,9H2,1-2H3,(H2,15,17). The number of rotatable bonds is 4. The molecule has 1 saturated heterocycles. The monoisotopic (exact) mass is 278 g/mol. The zero-order chi connectivity index (χ0) is 14.5. The van der Waals surface area contributed by atoms with E-state index in [4.69, 9.17) is 15.7 Å². The van der Waals surface area contributed by atoms with Crippen LogP contribution in [0.2, 0.25) is 0 Å². The van der Waals surface area contributed by atoms with E-state index in [9.17, 15) is 0 Å². The van der Waals surface area contributed by atoms with Crippen molar-refractivity contribution in [1.82, 2.24) is 9.88 Å². The molecule has 0 bridgehead atoms. The molecule has 1 aromatic rings. The third-order valence-electron chi connectivity index (χ3n) is 3.68. The number of oxime groups is 1. The number of hydrogen-bond acceptors (Lipinski definition) is 5. The molecule has 1 fully saturated rings. The number of ether oxygens (including phenoxy) is 1. The van der Waals surface area contributed by atoms with E-state index in [1.807, 2.05) is 6.92 Å². The summed E-state index contributed by atoms with van der Waals surface area (Å²) >= 11 is 0. The number of aryl methyl sites for hydroxylation is 1. The fourth-order valence-electron chi connectivity index (χ4n) is 2.45. The van der Waals surface area contributed by atoms with E-state index in [0.717, 1.165) is 18.7 Å². The lowest BCUT2D eigenvalue weighted by Gasteiger charge is -2.32. The number of hydrogen-bond donors (Lipinski definition) is 2. The van der Waals surface area contributed by atoms with E-state index >= 15 is 0 Å². The van der Waals surface area contributed by atoms with Crippen LogP contribution in [0.1, 0.15) is 30.5 Å². The average Bonchev–Trinajstić information content (AvgIpc) is 2.45. The predicted molar refractivity (Wildman–Crippen MR) is 77.2 cm³/mol. The van der Waals surface area contributed by atoms with Crippen molar-refractivity contribution in [2.75, 3.05) is 20.2 Å². The van der Waals surface area contributed by atoms with Gasteiger partial charge >= 0.3 is 0 Å². The molecule has 2 heterocycles. The largest absolute Gasteiger partial charge is 0.476 e. The number of pyridine rings is 1. The molecule has 0 aliphatic carbocycles. The maximum Gasteiger partial charge on any atom is 0.214 e. The van der Waals surface area contributed by atoms with Crippen LogP contribution >= 0.6 is 0 Å². The maximum absolute atomic E-state index is 8.73. The molecule has 20 heavy (non-hydrogen) atoms. The Hall–Kier alpha value is -1.82. The molecule has 1 aliphatic rings. The highest BCUT2D eigenvalue weighted by molar-refractivity contribution is 5.97. The molecule has 6 heteroatoms. The third-order valence-corrected chi connectivity index (χ3v) is 3.68. The second-order valence-electron chi connectivity index (χ2n) is 5.26. The van der Waals surface area contributed by atoms with Crippen molar-refractivity contribution >= 4 is 5.84 Å². The molecule has 6 nitrogen and oxygen atoms in total. The third kappa shape index (κ3) is 3.60. The van der Waals surface area contributed by atoms with Gasteiger partial charge in [0, 0.05) is 23.4 Å². The van der Waals surface area contributed by atoms with Gasteiger partial charge in [0.1, 0.15) is 6.61 Å². The van der Waals surface area contributed by atoms with Crippen LogP contribution in [-0.2, 0) is 0 Å². The number of likely N-dealkylation sites (N-methyl/N-ethyl adjacent to an activating group) is 1. The summed E-state index contributed by atoms with van der Waals surface area (Å²) in [7, 11) is 2.12. The minimum absolute atomic E-state index is 0.0649. The quantitative estimate of drug-likeness (QED) is 0.376. The van der Waals surface area contributed by atoms with Crippen molar-refractivity contribution in [2.45, 2.75) is 32.2 Å². The van der Waals surface area contributed by atoms with Gasteiger partial charge in [-0.1, -0.05) is 11.6 Å². The second-order valence-corrected chi connectivity index (χ2v) is 5.26. The summed E-state index contributed by atoms with van der Waals surface area (Å²) in [5, 5.41) is 11.7. The predicted octanol–water partition coefficient (Wildman–Crippen LogP) is 1.35. The summed E-state index contributed by atoms with van der Waals surface area (Å²) in [5.74, 6) is 0.584. The molecule has 2 rings (SSSR count). The van der Waals surface area contributed by atoms with Gasteiger partial charge in [0.25, 0.3) is 0 Å². The molecule has 1 unspecified atom stereocenters. The van der Waals surface area contributed by atoms with Crippen molar-refractivity contribution < 1.29 is 9.94 Å². The fraction of sp³-hybridized carbons (Fsp3) is 0.571. The van der Waals surface area contributed by atoms with E-state index in [2.05, 4.69) is 22.1 Å². The molecule has 3 N–H and O–H groups in total. The lowest BCUT2D eigenvalue weighted by molar-refractivity contribution is 0.122. The van der Waals surface area contributed by atoms with Crippen LogP contribution in [0, 0.1) is 6.92 Å². The number of likely N-dealkylation sites (tertiary alicyclic amines) is 1. The fourth-order valence-corrected chi connectivity index (χ4v) is 2.45. The van der Waals surface area contributed by atoms with E-state index in [-0.39, 0.29) is 5.84 Å². The summed E-state index contributed by atoms with van der Waals surface area (Å²) in [4.78, 5) is 6.65. The molecule has 1 aromatic heterocycles. The van der Waals surface area contributed by atoms with Gasteiger partial charge in [0.15, 0.2) is 5.84 Å². The Morgan fingerprint density at radius 3 is 3.05 bits per heavy atom. The topological polar surface area (TPSA) is 84.0 Å². The zero-order valence-electron chi connectivity index (χ0n) is 12.0. The first kappa shape index (κ1) is 14.6. The first-order valence-corrected chi connectivity index (χ1v) is 6.90. The van der Waals surface area contributed by atoms with Crippen molar-refractivity contribution in [3.05, 3.63) is 23.4 Å². The number of nitrogens with zero attached hydrogens (tertiary/aromatic N) is 3.